The summed E-state index contributed by atoms with van der Waals surface area (Å²) in [5.74, 6) is 0.658. The number of aryl methyl sites for hydroxylation is 3. The zero-order valence-electron chi connectivity index (χ0n) is 14.3. The molecule has 0 saturated carbocycles. The first kappa shape index (κ1) is 17.8. The Morgan fingerprint density at radius 3 is 2.46 bits per heavy atom. The van der Waals surface area contributed by atoms with Gasteiger partial charge in [0.25, 0.3) is 5.91 Å². The minimum absolute atomic E-state index is 0.141. The van der Waals surface area contributed by atoms with E-state index in [0.29, 0.717) is 22.8 Å². The molecule has 1 N–H and O–H groups in total. The highest BCUT2D eigenvalue weighted by Crippen LogP contribution is 2.34. The molecular weight excluding hydrogens is 347 g/mol. The van der Waals surface area contributed by atoms with Crippen LogP contribution in [0, 0.1) is 20.8 Å². The zero-order chi connectivity index (χ0) is 19.1. The van der Waals surface area contributed by atoms with Crippen LogP contribution < -0.4 is 5.32 Å². The van der Waals surface area contributed by atoms with Gasteiger partial charge in [0.1, 0.15) is 17.3 Å². The summed E-state index contributed by atoms with van der Waals surface area (Å²) in [4.78, 5) is 12.5. The number of rotatable bonds is 3. The molecule has 5 nitrogen and oxygen atoms in total. The number of furan rings is 1. The summed E-state index contributed by atoms with van der Waals surface area (Å²) in [6.45, 7) is 4.98. The van der Waals surface area contributed by atoms with Crippen LogP contribution in [-0.2, 0) is 6.18 Å². The molecule has 8 heteroatoms. The fraction of sp³-hybridized carbons (Fsp3) is 0.222. The topological polar surface area (TPSA) is 60.1 Å². The predicted octanol–water partition coefficient (Wildman–Crippen LogP) is 4.66. The highest BCUT2D eigenvalue weighted by Gasteiger charge is 2.34. The normalized spacial score (nSPS) is 11.6. The number of carbonyl (C=O) groups excluding carboxylic acids is 1. The number of amides is 1. The average molecular weight is 363 g/mol. The van der Waals surface area contributed by atoms with Gasteiger partial charge in [-0.3, -0.25) is 4.79 Å². The van der Waals surface area contributed by atoms with Gasteiger partial charge in [-0.15, -0.1) is 0 Å². The van der Waals surface area contributed by atoms with Crippen LogP contribution in [0.3, 0.4) is 0 Å². The summed E-state index contributed by atoms with van der Waals surface area (Å²) in [5, 5.41) is 6.72. The summed E-state index contributed by atoms with van der Waals surface area (Å²) in [6, 6.07) is 8.14. The van der Waals surface area contributed by atoms with Gasteiger partial charge in [-0.2, -0.15) is 18.3 Å². The van der Waals surface area contributed by atoms with E-state index < -0.39 is 17.6 Å². The molecule has 1 aromatic carbocycles. The van der Waals surface area contributed by atoms with Gasteiger partial charge in [0, 0.05) is 6.07 Å². The van der Waals surface area contributed by atoms with Gasteiger partial charge >= 0.3 is 6.18 Å². The summed E-state index contributed by atoms with van der Waals surface area (Å²) >= 11 is 0. The van der Waals surface area contributed by atoms with Crippen molar-refractivity contribution in [2.75, 3.05) is 5.32 Å². The monoisotopic (exact) mass is 363 g/mol. The summed E-state index contributed by atoms with van der Waals surface area (Å²) < 4.78 is 46.4. The fourth-order valence-corrected chi connectivity index (χ4v) is 2.71. The standard InChI is InChI=1S/C18H16F3N3O2/c1-10-8-16(22-17(25)13-9-11(2)26-12(13)3)24(23-10)15-7-5-4-6-14(15)18(19,20)21/h4-9H,1-3H3,(H,22,25). The molecular formula is C18H16F3N3O2. The van der Waals surface area contributed by atoms with E-state index in [1.807, 2.05) is 0 Å². The van der Waals surface area contributed by atoms with Gasteiger partial charge in [-0.25, -0.2) is 4.68 Å². The maximum atomic E-state index is 13.3. The molecule has 2 heterocycles. The second-order valence-corrected chi connectivity index (χ2v) is 5.88. The van der Waals surface area contributed by atoms with Crippen LogP contribution in [0.2, 0.25) is 0 Å². The molecule has 0 atom stereocenters. The first-order chi connectivity index (χ1) is 12.2. The van der Waals surface area contributed by atoms with Crippen molar-refractivity contribution < 1.29 is 22.4 Å². The minimum atomic E-state index is -4.55. The van der Waals surface area contributed by atoms with E-state index in [-0.39, 0.29) is 11.5 Å². The number of carbonyl (C=O) groups is 1. The minimum Gasteiger partial charge on any atom is -0.466 e. The highest BCUT2D eigenvalue weighted by atomic mass is 19.4. The first-order valence-corrected chi connectivity index (χ1v) is 7.78. The van der Waals surface area contributed by atoms with Crippen LogP contribution in [0.15, 0.2) is 40.8 Å². The SMILES string of the molecule is Cc1cc(NC(=O)c2cc(C)oc2C)n(-c2ccccc2C(F)(F)F)n1. The molecule has 3 aromatic rings. The molecule has 1 amide bonds. The Bertz CT molecular complexity index is 970. The number of benzene rings is 1. The maximum Gasteiger partial charge on any atom is 0.418 e. The van der Waals surface area contributed by atoms with Crippen LogP contribution in [0.1, 0.15) is 33.1 Å². The lowest BCUT2D eigenvalue weighted by Crippen LogP contribution is -2.17. The predicted molar refractivity (Wildman–Crippen MR) is 89.4 cm³/mol. The summed E-state index contributed by atoms with van der Waals surface area (Å²) in [7, 11) is 0. The molecule has 3 rings (SSSR count). The molecule has 0 aliphatic heterocycles. The van der Waals surface area contributed by atoms with E-state index >= 15 is 0 Å². The number of alkyl halides is 3. The number of nitrogens with zero attached hydrogens (tertiary/aromatic N) is 2. The van der Waals surface area contributed by atoms with Crippen molar-refractivity contribution in [3.05, 3.63) is 64.7 Å². The quantitative estimate of drug-likeness (QED) is 0.736. The number of aromatic nitrogens is 2. The smallest absolute Gasteiger partial charge is 0.418 e. The lowest BCUT2D eigenvalue weighted by Gasteiger charge is -2.15. The number of anilines is 1. The van der Waals surface area contributed by atoms with Crippen molar-refractivity contribution in [2.24, 2.45) is 0 Å². The molecule has 136 valence electrons. The second kappa shape index (κ2) is 6.36. The van der Waals surface area contributed by atoms with Crippen LogP contribution in [0.4, 0.5) is 19.0 Å². The van der Waals surface area contributed by atoms with Crippen LogP contribution in [-0.4, -0.2) is 15.7 Å². The van der Waals surface area contributed by atoms with Crippen molar-refractivity contribution in [1.29, 1.82) is 0 Å². The molecule has 0 unspecified atom stereocenters. The van der Waals surface area contributed by atoms with Crippen LogP contribution in [0.5, 0.6) is 0 Å². The van der Waals surface area contributed by atoms with E-state index in [9.17, 15) is 18.0 Å². The molecule has 0 fully saturated rings. The van der Waals surface area contributed by atoms with Crippen LogP contribution >= 0.6 is 0 Å². The molecule has 0 saturated heterocycles. The van der Waals surface area contributed by atoms with E-state index in [1.54, 1.807) is 26.8 Å². The van der Waals surface area contributed by atoms with Crippen molar-refractivity contribution in [2.45, 2.75) is 26.9 Å². The molecule has 0 spiro atoms. The fourth-order valence-electron chi connectivity index (χ4n) is 2.71. The largest absolute Gasteiger partial charge is 0.466 e. The number of nitrogens with one attached hydrogen (secondary N) is 1. The summed E-state index contributed by atoms with van der Waals surface area (Å²) in [6.07, 6.45) is -4.55. The van der Waals surface area contributed by atoms with Crippen molar-refractivity contribution in [3.63, 3.8) is 0 Å². The lowest BCUT2D eigenvalue weighted by molar-refractivity contribution is -0.137. The number of hydrogen-bond acceptors (Lipinski definition) is 3. The molecule has 0 aliphatic rings. The molecule has 0 aliphatic carbocycles. The van der Waals surface area contributed by atoms with E-state index in [1.165, 1.54) is 24.3 Å². The Labute approximate surface area is 147 Å². The number of halogens is 3. The molecule has 0 bridgehead atoms. The maximum absolute atomic E-state index is 13.3. The zero-order valence-corrected chi connectivity index (χ0v) is 14.3. The van der Waals surface area contributed by atoms with Gasteiger partial charge in [-0.05, 0) is 39.0 Å². The Balaban J connectivity index is 2.03. The average Bonchev–Trinajstić information content (AvgIpc) is 3.08. The second-order valence-electron chi connectivity index (χ2n) is 5.88. The van der Waals surface area contributed by atoms with Gasteiger partial charge in [0.2, 0.25) is 0 Å². The molecule has 2 aromatic heterocycles. The number of para-hydroxylation sites is 1. The Morgan fingerprint density at radius 2 is 1.85 bits per heavy atom. The van der Waals surface area contributed by atoms with Crippen molar-refractivity contribution in [1.82, 2.24) is 9.78 Å². The first-order valence-electron chi connectivity index (χ1n) is 7.78. The summed E-state index contributed by atoms with van der Waals surface area (Å²) in [5.41, 5.74) is -0.216. The van der Waals surface area contributed by atoms with E-state index in [0.717, 1.165) is 10.7 Å². The van der Waals surface area contributed by atoms with E-state index in [4.69, 9.17) is 4.42 Å². The third-order valence-corrected chi connectivity index (χ3v) is 3.80. The van der Waals surface area contributed by atoms with Gasteiger partial charge in [0.05, 0.1) is 22.5 Å². The molecule has 26 heavy (non-hydrogen) atoms. The Morgan fingerprint density at radius 1 is 1.15 bits per heavy atom. The van der Waals surface area contributed by atoms with Gasteiger partial charge < -0.3 is 9.73 Å². The Kier molecular flexibility index (Phi) is 4.35. The van der Waals surface area contributed by atoms with Crippen molar-refractivity contribution >= 4 is 11.7 Å². The third-order valence-electron chi connectivity index (χ3n) is 3.80. The molecule has 0 radical (unpaired) electrons. The van der Waals surface area contributed by atoms with Gasteiger partial charge in [-0.1, -0.05) is 12.1 Å². The highest BCUT2D eigenvalue weighted by molar-refractivity contribution is 6.04. The van der Waals surface area contributed by atoms with E-state index in [2.05, 4.69) is 10.4 Å². The third kappa shape index (κ3) is 3.35. The Hall–Kier alpha value is -3.03. The lowest BCUT2D eigenvalue weighted by atomic mass is 10.1. The van der Waals surface area contributed by atoms with Crippen LogP contribution in [0.25, 0.3) is 5.69 Å². The number of hydrogen-bond donors (Lipinski definition) is 1. The van der Waals surface area contributed by atoms with Crippen molar-refractivity contribution in [3.8, 4) is 5.69 Å². The van der Waals surface area contributed by atoms with Gasteiger partial charge in [0.15, 0.2) is 0 Å².